The van der Waals surface area contributed by atoms with E-state index in [-0.39, 0.29) is 0 Å². The van der Waals surface area contributed by atoms with Crippen LogP contribution in [0.25, 0.3) is 0 Å². The van der Waals surface area contributed by atoms with E-state index >= 15 is 0 Å². The molecule has 14 heavy (non-hydrogen) atoms. The summed E-state index contributed by atoms with van der Waals surface area (Å²) in [5.41, 5.74) is 1.93. The van der Waals surface area contributed by atoms with E-state index in [4.69, 9.17) is 4.52 Å². The Balaban J connectivity index is 2.02. The molecule has 2 aromatic heterocycles. The SMILES string of the molecule is Cc1nocc1CNc1cnnn1C. The lowest BCUT2D eigenvalue weighted by atomic mass is 10.3. The van der Waals surface area contributed by atoms with Crippen LogP contribution in [0.5, 0.6) is 0 Å². The molecule has 0 aliphatic carbocycles. The molecule has 6 nitrogen and oxygen atoms in total. The predicted octanol–water partition coefficient (Wildman–Crippen LogP) is 0.724. The van der Waals surface area contributed by atoms with Crippen molar-refractivity contribution in [2.45, 2.75) is 13.5 Å². The van der Waals surface area contributed by atoms with Gasteiger partial charge in [0, 0.05) is 19.2 Å². The van der Waals surface area contributed by atoms with E-state index in [9.17, 15) is 0 Å². The Kier molecular flexibility index (Phi) is 2.18. The summed E-state index contributed by atoms with van der Waals surface area (Å²) in [6, 6.07) is 0. The van der Waals surface area contributed by atoms with Gasteiger partial charge in [-0.3, -0.25) is 0 Å². The highest BCUT2D eigenvalue weighted by molar-refractivity contribution is 5.32. The third-order valence-corrected chi connectivity index (χ3v) is 2.02. The van der Waals surface area contributed by atoms with E-state index in [2.05, 4.69) is 20.8 Å². The molecule has 74 valence electrons. The van der Waals surface area contributed by atoms with Crippen molar-refractivity contribution in [3.05, 3.63) is 23.7 Å². The van der Waals surface area contributed by atoms with Crippen LogP contribution in [0.4, 0.5) is 5.82 Å². The Morgan fingerprint density at radius 3 is 3.00 bits per heavy atom. The topological polar surface area (TPSA) is 68.8 Å². The summed E-state index contributed by atoms with van der Waals surface area (Å²) in [6.07, 6.45) is 3.30. The normalized spacial score (nSPS) is 10.4. The second-order valence-electron chi connectivity index (χ2n) is 3.02. The van der Waals surface area contributed by atoms with Crippen LogP contribution in [-0.4, -0.2) is 20.2 Å². The molecular formula is C8H11N5O. The van der Waals surface area contributed by atoms with Crippen LogP contribution in [-0.2, 0) is 13.6 Å². The minimum absolute atomic E-state index is 0.663. The molecule has 0 bridgehead atoms. The highest BCUT2D eigenvalue weighted by Gasteiger charge is 2.03. The number of hydrogen-bond acceptors (Lipinski definition) is 5. The molecule has 1 N–H and O–H groups in total. The summed E-state index contributed by atoms with van der Waals surface area (Å²) in [5, 5.41) is 14.5. The van der Waals surface area contributed by atoms with Gasteiger partial charge < -0.3 is 9.84 Å². The molecule has 0 radical (unpaired) electrons. The molecule has 0 unspecified atom stereocenters. The average Bonchev–Trinajstić information content (AvgIpc) is 2.72. The fourth-order valence-corrected chi connectivity index (χ4v) is 1.12. The molecule has 0 aromatic carbocycles. The third kappa shape index (κ3) is 1.59. The molecule has 0 saturated heterocycles. The molecule has 0 saturated carbocycles. The molecule has 0 fully saturated rings. The fraction of sp³-hybridized carbons (Fsp3) is 0.375. The number of aryl methyl sites for hydroxylation is 2. The van der Waals surface area contributed by atoms with Crippen molar-refractivity contribution in [2.75, 3.05) is 5.32 Å². The summed E-state index contributed by atoms with van der Waals surface area (Å²) >= 11 is 0. The summed E-state index contributed by atoms with van der Waals surface area (Å²) < 4.78 is 6.49. The van der Waals surface area contributed by atoms with Crippen molar-refractivity contribution in [2.24, 2.45) is 7.05 Å². The van der Waals surface area contributed by atoms with Gasteiger partial charge in [0.05, 0.1) is 11.9 Å². The highest BCUT2D eigenvalue weighted by atomic mass is 16.5. The first kappa shape index (κ1) is 8.74. The fourth-order valence-electron chi connectivity index (χ4n) is 1.12. The van der Waals surface area contributed by atoms with Crippen LogP contribution in [0.15, 0.2) is 17.0 Å². The van der Waals surface area contributed by atoms with Gasteiger partial charge in [0.25, 0.3) is 0 Å². The van der Waals surface area contributed by atoms with Crippen LogP contribution in [0.3, 0.4) is 0 Å². The Hall–Kier alpha value is -1.85. The zero-order valence-electron chi connectivity index (χ0n) is 8.06. The summed E-state index contributed by atoms with van der Waals surface area (Å²) in [5.74, 6) is 0.866. The van der Waals surface area contributed by atoms with Crippen LogP contribution >= 0.6 is 0 Å². The smallest absolute Gasteiger partial charge is 0.144 e. The molecule has 6 heteroatoms. The number of anilines is 1. The monoisotopic (exact) mass is 193 g/mol. The van der Waals surface area contributed by atoms with Gasteiger partial charge in [-0.1, -0.05) is 10.4 Å². The van der Waals surface area contributed by atoms with Crippen LogP contribution in [0.1, 0.15) is 11.3 Å². The van der Waals surface area contributed by atoms with E-state index in [1.807, 2.05) is 14.0 Å². The Morgan fingerprint density at radius 2 is 2.43 bits per heavy atom. The van der Waals surface area contributed by atoms with Crippen molar-refractivity contribution < 1.29 is 4.52 Å². The number of hydrogen-bond donors (Lipinski definition) is 1. The number of aromatic nitrogens is 4. The van der Waals surface area contributed by atoms with Crippen molar-refractivity contribution in [3.8, 4) is 0 Å². The number of nitrogens with one attached hydrogen (secondary N) is 1. The van der Waals surface area contributed by atoms with Gasteiger partial charge in [-0.05, 0) is 6.92 Å². The van der Waals surface area contributed by atoms with E-state index in [0.717, 1.165) is 17.1 Å². The molecular weight excluding hydrogens is 182 g/mol. The quantitative estimate of drug-likeness (QED) is 0.778. The molecule has 2 heterocycles. The van der Waals surface area contributed by atoms with E-state index in [1.165, 1.54) is 0 Å². The lowest BCUT2D eigenvalue weighted by Gasteiger charge is -2.02. The number of nitrogens with zero attached hydrogens (tertiary/aromatic N) is 4. The standard InChI is InChI=1S/C8H11N5O/c1-6-7(5-14-11-6)3-9-8-4-10-12-13(8)2/h4-5,9H,3H2,1-2H3. The second kappa shape index (κ2) is 3.49. The predicted molar refractivity (Wildman–Crippen MR) is 49.6 cm³/mol. The first-order valence-electron chi connectivity index (χ1n) is 4.26. The molecule has 0 spiro atoms. The van der Waals surface area contributed by atoms with Gasteiger partial charge in [-0.15, -0.1) is 5.10 Å². The highest BCUT2D eigenvalue weighted by Crippen LogP contribution is 2.08. The molecule has 0 atom stereocenters. The first-order chi connectivity index (χ1) is 6.77. The minimum Gasteiger partial charge on any atom is -0.365 e. The van der Waals surface area contributed by atoms with Gasteiger partial charge in [0.15, 0.2) is 0 Å². The first-order valence-corrected chi connectivity index (χ1v) is 4.26. The van der Waals surface area contributed by atoms with Crippen molar-refractivity contribution in [1.82, 2.24) is 20.2 Å². The van der Waals surface area contributed by atoms with Crippen LogP contribution in [0.2, 0.25) is 0 Å². The summed E-state index contributed by atoms with van der Waals surface area (Å²) in [4.78, 5) is 0. The van der Waals surface area contributed by atoms with E-state index < -0.39 is 0 Å². The lowest BCUT2D eigenvalue weighted by Crippen LogP contribution is -2.04. The number of rotatable bonds is 3. The van der Waals surface area contributed by atoms with Gasteiger partial charge in [0.2, 0.25) is 0 Å². The Labute approximate surface area is 80.9 Å². The largest absolute Gasteiger partial charge is 0.365 e. The minimum atomic E-state index is 0.663. The average molecular weight is 193 g/mol. The van der Waals surface area contributed by atoms with Crippen molar-refractivity contribution in [3.63, 3.8) is 0 Å². The van der Waals surface area contributed by atoms with E-state index in [1.54, 1.807) is 17.1 Å². The molecule has 0 aliphatic heterocycles. The second-order valence-corrected chi connectivity index (χ2v) is 3.02. The summed E-state index contributed by atoms with van der Waals surface area (Å²) in [6.45, 7) is 2.57. The van der Waals surface area contributed by atoms with Crippen molar-refractivity contribution in [1.29, 1.82) is 0 Å². The maximum absolute atomic E-state index is 4.82. The van der Waals surface area contributed by atoms with Gasteiger partial charge in [-0.25, -0.2) is 4.68 Å². The van der Waals surface area contributed by atoms with Gasteiger partial charge >= 0.3 is 0 Å². The van der Waals surface area contributed by atoms with Crippen molar-refractivity contribution >= 4 is 5.82 Å². The maximum Gasteiger partial charge on any atom is 0.144 e. The molecule has 2 rings (SSSR count). The van der Waals surface area contributed by atoms with Gasteiger partial charge in [0.1, 0.15) is 12.1 Å². The molecule has 0 amide bonds. The third-order valence-electron chi connectivity index (χ3n) is 2.02. The Morgan fingerprint density at radius 1 is 1.57 bits per heavy atom. The van der Waals surface area contributed by atoms with E-state index in [0.29, 0.717) is 6.54 Å². The molecule has 0 aliphatic rings. The van der Waals surface area contributed by atoms with Crippen LogP contribution < -0.4 is 5.32 Å². The lowest BCUT2D eigenvalue weighted by molar-refractivity contribution is 0.414. The van der Waals surface area contributed by atoms with Crippen LogP contribution in [0, 0.1) is 6.92 Å². The van der Waals surface area contributed by atoms with Gasteiger partial charge in [-0.2, -0.15) is 0 Å². The maximum atomic E-state index is 4.82. The zero-order valence-corrected chi connectivity index (χ0v) is 8.06. The summed E-state index contributed by atoms with van der Waals surface area (Å²) in [7, 11) is 1.83. The molecule has 2 aromatic rings. The Bertz CT molecular complexity index is 379. The zero-order chi connectivity index (χ0) is 9.97.